The molecule has 2 aromatic rings. The fourth-order valence-electron chi connectivity index (χ4n) is 1.77. The summed E-state index contributed by atoms with van der Waals surface area (Å²) < 4.78 is 11.0. The first-order valence-electron chi connectivity index (χ1n) is 7.37. The summed E-state index contributed by atoms with van der Waals surface area (Å²) in [5.41, 5.74) is 3.55. The van der Waals surface area contributed by atoms with Crippen LogP contribution in [0.15, 0.2) is 33.8 Å². The van der Waals surface area contributed by atoms with Crippen LogP contribution in [0.1, 0.15) is 44.8 Å². The molecule has 2 rings (SSSR count). The van der Waals surface area contributed by atoms with Crippen molar-refractivity contribution in [1.29, 1.82) is 5.26 Å². The number of aromatic nitrogens is 1. The van der Waals surface area contributed by atoms with Crippen molar-refractivity contribution in [1.82, 2.24) is 4.98 Å². The van der Waals surface area contributed by atoms with E-state index in [1.165, 1.54) is 0 Å². The smallest absolute Gasteiger partial charge is 0.252 e. The molecule has 120 valence electrons. The number of anilines is 1. The van der Waals surface area contributed by atoms with Crippen LogP contribution >= 0.6 is 0 Å². The third kappa shape index (κ3) is 4.33. The lowest BCUT2D eigenvalue weighted by Gasteiger charge is -2.11. The molecule has 0 bridgehead atoms. The summed E-state index contributed by atoms with van der Waals surface area (Å²) >= 11 is 0. The summed E-state index contributed by atoms with van der Waals surface area (Å²) in [4.78, 5) is 4.18. The number of hydrogen-bond donors (Lipinski definition) is 1. The molecule has 1 aromatic carbocycles. The van der Waals surface area contributed by atoms with Crippen molar-refractivity contribution < 1.29 is 9.15 Å². The van der Waals surface area contributed by atoms with E-state index in [0.717, 1.165) is 11.3 Å². The molecule has 0 aliphatic rings. The molecule has 0 spiro atoms. The Morgan fingerprint density at radius 1 is 1.35 bits per heavy atom. The van der Waals surface area contributed by atoms with Crippen molar-refractivity contribution in [2.24, 2.45) is 5.10 Å². The van der Waals surface area contributed by atoms with Crippen molar-refractivity contribution in [2.45, 2.75) is 33.1 Å². The lowest BCUT2D eigenvalue weighted by atomic mass is 9.97. The molecule has 0 aliphatic carbocycles. The third-order valence-corrected chi connectivity index (χ3v) is 2.95. The first-order valence-corrected chi connectivity index (χ1v) is 7.37. The van der Waals surface area contributed by atoms with Gasteiger partial charge in [-0.2, -0.15) is 15.3 Å². The molecule has 0 atom stereocenters. The summed E-state index contributed by atoms with van der Waals surface area (Å²) in [5.74, 6) is 1.56. The van der Waals surface area contributed by atoms with Gasteiger partial charge in [0.2, 0.25) is 11.6 Å². The van der Waals surface area contributed by atoms with Gasteiger partial charge in [-0.25, -0.2) is 5.43 Å². The quantitative estimate of drug-likeness (QED) is 0.672. The predicted octanol–water partition coefficient (Wildman–Crippen LogP) is 3.69. The number of hydrazone groups is 1. The van der Waals surface area contributed by atoms with Crippen molar-refractivity contribution in [2.75, 3.05) is 12.0 Å². The fraction of sp³-hybridized carbons (Fsp3) is 0.353. The van der Waals surface area contributed by atoms with Crippen LogP contribution in [0.2, 0.25) is 0 Å². The van der Waals surface area contributed by atoms with Gasteiger partial charge in [-0.05, 0) is 36.8 Å². The molecule has 1 heterocycles. The Morgan fingerprint density at radius 2 is 2.04 bits per heavy atom. The van der Waals surface area contributed by atoms with Crippen LogP contribution in [0.3, 0.4) is 0 Å². The summed E-state index contributed by atoms with van der Waals surface area (Å²) in [6, 6.07) is 9.53. The topological polar surface area (TPSA) is 83.4 Å². The lowest BCUT2D eigenvalue weighted by molar-refractivity contribution is 0.340. The first kappa shape index (κ1) is 16.6. The van der Waals surface area contributed by atoms with Crippen molar-refractivity contribution >= 4 is 12.1 Å². The van der Waals surface area contributed by atoms with Gasteiger partial charge in [0.05, 0.1) is 12.8 Å². The van der Waals surface area contributed by atoms with E-state index in [-0.39, 0.29) is 17.0 Å². The lowest BCUT2D eigenvalue weighted by Crippen LogP contribution is -2.11. The molecular weight excluding hydrogens is 292 g/mol. The molecule has 1 aromatic heterocycles. The Hall–Kier alpha value is -2.81. The minimum atomic E-state index is -0.273. The zero-order valence-electron chi connectivity index (χ0n) is 13.8. The van der Waals surface area contributed by atoms with E-state index in [1.54, 1.807) is 6.21 Å². The van der Waals surface area contributed by atoms with Crippen LogP contribution in [-0.4, -0.2) is 17.8 Å². The minimum Gasteiger partial charge on any atom is -0.494 e. The van der Waals surface area contributed by atoms with Gasteiger partial charge in [0.25, 0.3) is 5.88 Å². The largest absolute Gasteiger partial charge is 0.494 e. The molecule has 0 unspecified atom stereocenters. The number of nitrogens with one attached hydrogen (secondary N) is 1. The van der Waals surface area contributed by atoms with Gasteiger partial charge < -0.3 is 9.15 Å². The van der Waals surface area contributed by atoms with E-state index >= 15 is 0 Å². The molecule has 1 N–H and O–H groups in total. The number of rotatable bonds is 5. The molecule has 0 aliphatic heterocycles. The van der Waals surface area contributed by atoms with Gasteiger partial charge in [0.1, 0.15) is 11.8 Å². The first-order chi connectivity index (χ1) is 10.9. The van der Waals surface area contributed by atoms with E-state index in [1.807, 2.05) is 58.0 Å². The van der Waals surface area contributed by atoms with Crippen LogP contribution in [-0.2, 0) is 5.41 Å². The van der Waals surface area contributed by atoms with Crippen molar-refractivity contribution in [3.63, 3.8) is 0 Å². The highest BCUT2D eigenvalue weighted by Crippen LogP contribution is 2.26. The van der Waals surface area contributed by atoms with Gasteiger partial charge >= 0.3 is 0 Å². The van der Waals surface area contributed by atoms with Gasteiger partial charge in [0.15, 0.2) is 0 Å². The molecule has 0 saturated heterocycles. The molecule has 0 amide bonds. The van der Waals surface area contributed by atoms with Crippen molar-refractivity contribution in [3.05, 3.63) is 41.4 Å². The Bertz CT molecular complexity index is 719. The van der Waals surface area contributed by atoms with Gasteiger partial charge in [-0.3, -0.25) is 0 Å². The van der Waals surface area contributed by atoms with Gasteiger partial charge in [-0.15, -0.1) is 0 Å². The molecule has 23 heavy (non-hydrogen) atoms. The standard InChI is InChI=1S/C17H20N4O2/c1-5-22-13-8-6-12(7-9-13)11-19-21-15-14(10-18)20-16(23-15)17(2,3)4/h6-9,11,21H,5H2,1-4H3. The highest BCUT2D eigenvalue weighted by atomic mass is 16.5. The van der Waals surface area contributed by atoms with Crippen LogP contribution in [0.5, 0.6) is 5.75 Å². The molecule has 0 radical (unpaired) electrons. The minimum absolute atomic E-state index is 0.193. The van der Waals surface area contributed by atoms with Gasteiger partial charge in [0, 0.05) is 5.41 Å². The third-order valence-electron chi connectivity index (χ3n) is 2.95. The molecule has 0 saturated carbocycles. The normalized spacial score (nSPS) is 11.4. The zero-order valence-corrected chi connectivity index (χ0v) is 13.8. The molecule has 6 nitrogen and oxygen atoms in total. The molecule has 0 fully saturated rings. The Labute approximate surface area is 135 Å². The Balaban J connectivity index is 2.08. The predicted molar refractivity (Wildman–Crippen MR) is 88.7 cm³/mol. The number of benzene rings is 1. The number of ether oxygens (including phenoxy) is 1. The van der Waals surface area contributed by atoms with Crippen molar-refractivity contribution in [3.8, 4) is 11.8 Å². The summed E-state index contributed by atoms with van der Waals surface area (Å²) in [7, 11) is 0. The highest BCUT2D eigenvalue weighted by molar-refractivity contribution is 5.80. The van der Waals surface area contributed by atoms with E-state index in [0.29, 0.717) is 12.5 Å². The van der Waals surface area contributed by atoms with E-state index in [4.69, 9.17) is 14.4 Å². The second-order valence-electron chi connectivity index (χ2n) is 5.93. The summed E-state index contributed by atoms with van der Waals surface area (Å²) in [6.07, 6.45) is 1.64. The highest BCUT2D eigenvalue weighted by Gasteiger charge is 2.23. The summed E-state index contributed by atoms with van der Waals surface area (Å²) in [5, 5.41) is 13.2. The maximum Gasteiger partial charge on any atom is 0.252 e. The maximum atomic E-state index is 9.12. The number of nitriles is 1. The zero-order chi connectivity index (χ0) is 16.9. The van der Waals surface area contributed by atoms with Crippen LogP contribution < -0.4 is 10.2 Å². The SMILES string of the molecule is CCOc1ccc(C=NNc2oc(C(C)(C)C)nc2C#N)cc1. The number of nitrogens with zero attached hydrogens (tertiary/aromatic N) is 3. The average molecular weight is 312 g/mol. The molecular formula is C17H20N4O2. The second kappa shape index (κ2) is 6.97. The average Bonchev–Trinajstić information content (AvgIpc) is 2.93. The second-order valence-corrected chi connectivity index (χ2v) is 5.93. The fourth-order valence-corrected chi connectivity index (χ4v) is 1.77. The van der Waals surface area contributed by atoms with E-state index < -0.39 is 0 Å². The van der Waals surface area contributed by atoms with Crippen LogP contribution in [0, 0.1) is 11.3 Å². The van der Waals surface area contributed by atoms with Gasteiger partial charge in [-0.1, -0.05) is 20.8 Å². The molecule has 6 heteroatoms. The number of oxazole rings is 1. The maximum absolute atomic E-state index is 9.12. The Morgan fingerprint density at radius 3 is 2.61 bits per heavy atom. The number of hydrogen-bond acceptors (Lipinski definition) is 6. The van der Waals surface area contributed by atoms with Crippen LogP contribution in [0.4, 0.5) is 5.88 Å². The Kier molecular flexibility index (Phi) is 5.02. The monoisotopic (exact) mass is 312 g/mol. The van der Waals surface area contributed by atoms with Crippen LogP contribution in [0.25, 0.3) is 0 Å². The van der Waals surface area contributed by atoms with E-state index in [9.17, 15) is 0 Å². The van der Waals surface area contributed by atoms with E-state index in [2.05, 4.69) is 15.5 Å². The summed E-state index contributed by atoms with van der Waals surface area (Å²) in [6.45, 7) is 8.47.